The number of hydrogen-bond acceptors (Lipinski definition) is 4. The summed E-state index contributed by atoms with van der Waals surface area (Å²) in [4.78, 5) is 4.74. The smallest absolute Gasteiger partial charge is 0.249 e. The average molecular weight is 287 g/mol. The highest BCUT2D eigenvalue weighted by Crippen LogP contribution is 2.34. The van der Waals surface area contributed by atoms with Crippen molar-refractivity contribution >= 4 is 11.3 Å². The van der Waals surface area contributed by atoms with Gasteiger partial charge >= 0.3 is 6.18 Å². The number of aryl methyl sites for hydroxylation is 1. The third-order valence-electron chi connectivity index (χ3n) is 2.64. The Kier molecular flexibility index (Phi) is 4.90. The zero-order valence-corrected chi connectivity index (χ0v) is 11.1. The molecule has 0 unspecified atom stereocenters. The molecule has 1 heterocycles. The second-order valence-electron chi connectivity index (χ2n) is 4.17. The van der Waals surface area contributed by atoms with Gasteiger partial charge in [0.05, 0.1) is 17.1 Å². The van der Waals surface area contributed by atoms with Crippen molar-refractivity contribution in [3.05, 3.63) is 16.1 Å². The number of hydrogen-bond donors (Lipinski definition) is 0. The minimum atomic E-state index is -4.36. The van der Waals surface area contributed by atoms with Gasteiger partial charge in [-0.15, -0.1) is 11.3 Å². The fraction of sp³-hybridized carbons (Fsp3) is 0.583. The summed E-state index contributed by atoms with van der Waals surface area (Å²) in [6.07, 6.45) is -3.76. The maximum atomic E-state index is 12.2. The van der Waals surface area contributed by atoms with Crippen LogP contribution >= 0.6 is 11.3 Å². The Balaban J connectivity index is 2.83. The number of aromatic nitrogens is 1. The van der Waals surface area contributed by atoms with E-state index in [2.05, 4.69) is 4.98 Å². The number of nitrogens with zero attached hydrogens (tertiary/aromatic N) is 3. The fourth-order valence-electron chi connectivity index (χ4n) is 1.55. The standard InChI is InChI=1S/C12H12F3N3S/c1-2-10-18-6-9(19-10)5-11(7-16,8-17)3-4-12(13,14)15/h6H,2-5H2,1H3. The van der Waals surface area contributed by atoms with Crippen LogP contribution in [-0.4, -0.2) is 11.2 Å². The average Bonchev–Trinajstić information content (AvgIpc) is 2.81. The van der Waals surface area contributed by atoms with Gasteiger partial charge in [-0.1, -0.05) is 6.92 Å². The molecule has 0 saturated heterocycles. The van der Waals surface area contributed by atoms with E-state index in [1.165, 1.54) is 17.5 Å². The number of nitriles is 2. The van der Waals surface area contributed by atoms with Crippen molar-refractivity contribution in [2.75, 3.05) is 0 Å². The zero-order valence-electron chi connectivity index (χ0n) is 10.3. The molecule has 0 spiro atoms. The van der Waals surface area contributed by atoms with Crippen LogP contribution in [0.4, 0.5) is 13.2 Å². The van der Waals surface area contributed by atoms with Crippen molar-refractivity contribution in [2.24, 2.45) is 5.41 Å². The van der Waals surface area contributed by atoms with Crippen LogP contribution in [0.1, 0.15) is 29.7 Å². The molecule has 0 atom stereocenters. The zero-order chi connectivity index (χ0) is 14.5. The lowest BCUT2D eigenvalue weighted by Gasteiger charge is -2.18. The van der Waals surface area contributed by atoms with Crippen LogP contribution in [0.2, 0.25) is 0 Å². The van der Waals surface area contributed by atoms with Gasteiger partial charge in [-0.05, 0) is 12.8 Å². The SMILES string of the molecule is CCc1ncc(CC(C#N)(C#N)CCC(F)(F)F)s1. The van der Waals surface area contributed by atoms with E-state index in [9.17, 15) is 13.2 Å². The fourth-order valence-corrected chi connectivity index (χ4v) is 2.53. The monoisotopic (exact) mass is 287 g/mol. The first kappa shape index (κ1) is 15.5. The van der Waals surface area contributed by atoms with Crippen molar-refractivity contribution in [3.63, 3.8) is 0 Å². The van der Waals surface area contributed by atoms with Crippen molar-refractivity contribution < 1.29 is 13.2 Å². The molecule has 0 fully saturated rings. The third-order valence-corrected chi connectivity index (χ3v) is 3.78. The van der Waals surface area contributed by atoms with Gasteiger partial charge in [0.25, 0.3) is 0 Å². The molecule has 19 heavy (non-hydrogen) atoms. The van der Waals surface area contributed by atoms with Crippen molar-refractivity contribution in [1.82, 2.24) is 4.98 Å². The van der Waals surface area contributed by atoms with Crippen LogP contribution in [0, 0.1) is 28.1 Å². The topological polar surface area (TPSA) is 60.5 Å². The Morgan fingerprint density at radius 2 is 1.89 bits per heavy atom. The highest BCUT2D eigenvalue weighted by molar-refractivity contribution is 7.11. The van der Waals surface area contributed by atoms with E-state index in [1.54, 1.807) is 12.1 Å². The third kappa shape index (κ3) is 4.53. The molecular weight excluding hydrogens is 275 g/mol. The van der Waals surface area contributed by atoms with E-state index in [4.69, 9.17) is 10.5 Å². The maximum absolute atomic E-state index is 12.2. The molecule has 0 bridgehead atoms. The van der Waals surface area contributed by atoms with Crippen LogP contribution < -0.4 is 0 Å². The summed E-state index contributed by atoms with van der Waals surface area (Å²) in [6, 6.07) is 3.46. The van der Waals surface area contributed by atoms with Gasteiger partial charge in [0.1, 0.15) is 5.41 Å². The first-order chi connectivity index (χ1) is 8.84. The number of rotatable bonds is 5. The van der Waals surface area contributed by atoms with Gasteiger partial charge in [-0.3, -0.25) is 0 Å². The second-order valence-corrected chi connectivity index (χ2v) is 5.37. The molecule has 0 saturated carbocycles. The Bertz CT molecular complexity index is 494. The molecule has 0 aromatic carbocycles. The largest absolute Gasteiger partial charge is 0.389 e. The Hall–Kier alpha value is -1.60. The molecule has 1 aromatic heterocycles. The predicted molar refractivity (Wildman–Crippen MR) is 64.1 cm³/mol. The Labute approximate surface area is 113 Å². The van der Waals surface area contributed by atoms with Gasteiger partial charge < -0.3 is 0 Å². The van der Waals surface area contributed by atoms with Crippen molar-refractivity contribution in [2.45, 2.75) is 38.8 Å². The minimum Gasteiger partial charge on any atom is -0.249 e. The van der Waals surface area contributed by atoms with E-state index < -0.39 is 24.4 Å². The quantitative estimate of drug-likeness (QED) is 0.831. The molecule has 0 amide bonds. The summed E-state index contributed by atoms with van der Waals surface area (Å²) in [5.41, 5.74) is -1.63. The molecular formula is C12H12F3N3S. The van der Waals surface area contributed by atoms with Gasteiger partial charge in [0.2, 0.25) is 0 Å². The second kappa shape index (κ2) is 6.03. The van der Waals surface area contributed by atoms with Gasteiger partial charge in [0, 0.05) is 23.9 Å². The van der Waals surface area contributed by atoms with Crippen LogP contribution in [0.15, 0.2) is 6.20 Å². The van der Waals surface area contributed by atoms with E-state index in [-0.39, 0.29) is 6.42 Å². The summed E-state index contributed by atoms with van der Waals surface area (Å²) in [5, 5.41) is 18.9. The first-order valence-corrected chi connectivity index (χ1v) is 6.48. The van der Waals surface area contributed by atoms with Crippen LogP contribution in [0.25, 0.3) is 0 Å². The summed E-state index contributed by atoms with van der Waals surface area (Å²) in [5.74, 6) is 0. The maximum Gasteiger partial charge on any atom is 0.389 e. The van der Waals surface area contributed by atoms with Gasteiger partial charge in [-0.2, -0.15) is 23.7 Å². The first-order valence-electron chi connectivity index (χ1n) is 5.67. The summed E-state index contributed by atoms with van der Waals surface area (Å²) in [7, 11) is 0. The minimum absolute atomic E-state index is 0.00620. The summed E-state index contributed by atoms with van der Waals surface area (Å²) in [6.45, 7) is 1.91. The van der Waals surface area contributed by atoms with Gasteiger partial charge in [0.15, 0.2) is 0 Å². The molecule has 0 aliphatic heterocycles. The predicted octanol–water partition coefficient (Wildman–Crippen LogP) is 3.62. The highest BCUT2D eigenvalue weighted by Gasteiger charge is 2.37. The number of alkyl halides is 3. The molecule has 7 heteroatoms. The lowest BCUT2D eigenvalue weighted by molar-refractivity contribution is -0.138. The Morgan fingerprint density at radius 3 is 2.32 bits per heavy atom. The molecule has 1 aromatic rings. The normalized spacial score (nSPS) is 11.9. The van der Waals surface area contributed by atoms with Gasteiger partial charge in [-0.25, -0.2) is 4.98 Å². The van der Waals surface area contributed by atoms with E-state index in [0.29, 0.717) is 4.88 Å². The number of thiazole rings is 1. The molecule has 0 radical (unpaired) electrons. The molecule has 0 aliphatic rings. The summed E-state index contributed by atoms with van der Waals surface area (Å²) < 4.78 is 36.7. The van der Waals surface area contributed by atoms with Crippen LogP contribution in [-0.2, 0) is 12.8 Å². The van der Waals surface area contributed by atoms with Crippen molar-refractivity contribution in [1.29, 1.82) is 10.5 Å². The summed E-state index contributed by atoms with van der Waals surface area (Å²) >= 11 is 1.33. The lowest BCUT2D eigenvalue weighted by Crippen LogP contribution is -2.22. The molecule has 1 rings (SSSR count). The lowest BCUT2D eigenvalue weighted by atomic mass is 9.82. The number of halogens is 3. The molecule has 102 valence electrons. The van der Waals surface area contributed by atoms with Crippen molar-refractivity contribution in [3.8, 4) is 12.1 Å². The van der Waals surface area contributed by atoms with Crippen LogP contribution in [0.5, 0.6) is 0 Å². The highest BCUT2D eigenvalue weighted by atomic mass is 32.1. The Morgan fingerprint density at radius 1 is 1.26 bits per heavy atom. The van der Waals surface area contributed by atoms with E-state index in [1.807, 2.05) is 6.92 Å². The molecule has 0 N–H and O–H groups in total. The van der Waals surface area contributed by atoms with E-state index in [0.717, 1.165) is 11.4 Å². The van der Waals surface area contributed by atoms with E-state index >= 15 is 0 Å². The molecule has 3 nitrogen and oxygen atoms in total. The van der Waals surface area contributed by atoms with Crippen LogP contribution in [0.3, 0.4) is 0 Å². The molecule has 0 aliphatic carbocycles.